The van der Waals surface area contributed by atoms with Crippen molar-refractivity contribution in [3.8, 4) is 0 Å². The fraction of sp³-hybridized carbons (Fsp3) is 0.667. The molecular formula is C3H7BrMgO. The molecule has 0 aliphatic heterocycles. The van der Waals surface area contributed by atoms with Gasteiger partial charge in [0.25, 0.3) is 0 Å². The minimum Gasteiger partial charge on any atom is -1.00 e. The van der Waals surface area contributed by atoms with Gasteiger partial charge in [-0.05, 0) is 0 Å². The van der Waals surface area contributed by atoms with Crippen LogP contribution in [0.4, 0.5) is 0 Å². The third-order valence-corrected chi connectivity index (χ3v) is 0. The molecule has 0 aliphatic carbocycles. The quantitative estimate of drug-likeness (QED) is 0.311. The molecule has 0 spiro atoms. The van der Waals surface area contributed by atoms with Crippen molar-refractivity contribution in [2.45, 2.75) is 13.8 Å². The Morgan fingerprint density at radius 1 is 1.33 bits per heavy atom. The summed E-state index contributed by atoms with van der Waals surface area (Å²) in [4.78, 5) is 0. The first-order valence-corrected chi connectivity index (χ1v) is 1.22. The van der Waals surface area contributed by atoms with E-state index in [1.54, 1.807) is 13.8 Å². The topological polar surface area (TPSA) is 20.2 Å². The van der Waals surface area contributed by atoms with Crippen molar-refractivity contribution in [2.24, 2.45) is 0 Å². The van der Waals surface area contributed by atoms with E-state index in [1.807, 2.05) is 0 Å². The van der Waals surface area contributed by atoms with Crippen molar-refractivity contribution in [2.75, 3.05) is 0 Å². The summed E-state index contributed by atoms with van der Waals surface area (Å²) >= 11 is 0. The number of aliphatic hydroxyl groups excluding tert-OH is 1. The second-order valence-electron chi connectivity index (χ2n) is 0.947. The van der Waals surface area contributed by atoms with E-state index >= 15 is 0 Å². The van der Waals surface area contributed by atoms with Crippen LogP contribution in [0.1, 0.15) is 13.8 Å². The van der Waals surface area contributed by atoms with E-state index in [0.717, 1.165) is 0 Å². The Bertz CT molecular complexity index is 15.5. The molecule has 0 heterocycles. The van der Waals surface area contributed by atoms with Gasteiger partial charge >= 0.3 is 23.1 Å². The molecule has 1 N–H and O–H groups in total. The van der Waals surface area contributed by atoms with Gasteiger partial charge in [0.2, 0.25) is 0 Å². The molecule has 0 fully saturated rings. The number of aliphatic hydroxyl groups is 1. The summed E-state index contributed by atoms with van der Waals surface area (Å²) in [5.74, 6) is 0. The molecule has 34 valence electrons. The van der Waals surface area contributed by atoms with Crippen molar-refractivity contribution in [3.63, 3.8) is 0 Å². The van der Waals surface area contributed by atoms with Gasteiger partial charge in [-0.15, -0.1) is 0 Å². The molecule has 6 heavy (non-hydrogen) atoms. The molecule has 0 unspecified atom stereocenters. The van der Waals surface area contributed by atoms with Crippen molar-refractivity contribution < 1.29 is 22.1 Å². The first-order valence-electron chi connectivity index (χ1n) is 1.22. The fourth-order valence-corrected chi connectivity index (χ4v) is 0. The van der Waals surface area contributed by atoms with Gasteiger partial charge in [-0.1, -0.05) is 0 Å². The predicted molar refractivity (Wildman–Crippen MR) is 22.3 cm³/mol. The number of hydrogen-bond donors (Lipinski definition) is 1. The molecule has 0 saturated heterocycles. The summed E-state index contributed by atoms with van der Waals surface area (Å²) in [6.45, 7) is 3.28. The van der Waals surface area contributed by atoms with Crippen LogP contribution in [0.2, 0.25) is 0 Å². The van der Waals surface area contributed by atoms with Crippen molar-refractivity contribution in [3.05, 3.63) is 6.10 Å². The molecule has 3 heteroatoms. The number of hydrogen-bond acceptors (Lipinski definition) is 1. The number of rotatable bonds is 0. The van der Waals surface area contributed by atoms with Gasteiger partial charge < -0.3 is 22.1 Å². The molecule has 0 saturated carbocycles. The summed E-state index contributed by atoms with van der Waals surface area (Å²) in [6.07, 6.45) is 0.417. The summed E-state index contributed by atoms with van der Waals surface area (Å²) in [5, 5.41) is 7.97. The Balaban J connectivity index is -0.0000000450. The summed E-state index contributed by atoms with van der Waals surface area (Å²) in [6, 6.07) is 0. The Kier molecular flexibility index (Phi) is 24.9. The summed E-state index contributed by atoms with van der Waals surface area (Å²) < 4.78 is 0. The van der Waals surface area contributed by atoms with E-state index in [1.165, 1.54) is 0 Å². The fourth-order valence-electron chi connectivity index (χ4n) is 0. The Hall–Kier alpha value is 1.21. The molecule has 0 bridgehead atoms. The Morgan fingerprint density at radius 3 is 1.33 bits per heavy atom. The predicted octanol–water partition coefficient (Wildman–Crippen LogP) is -2.45. The maximum atomic E-state index is 7.97. The van der Waals surface area contributed by atoms with Gasteiger partial charge in [0.1, 0.15) is 0 Å². The molecule has 0 rings (SSSR count). The van der Waals surface area contributed by atoms with Gasteiger partial charge in [-0.2, -0.15) is 13.8 Å². The molecule has 0 aromatic carbocycles. The van der Waals surface area contributed by atoms with Crippen LogP contribution in [0.25, 0.3) is 0 Å². The average molecular weight is 163 g/mol. The standard InChI is InChI=1S/C3H7O.BrH.Mg/c1-3(2)4;;/h4H,1-2H3;1H;/q-1;;+2/p-1. The summed E-state index contributed by atoms with van der Waals surface area (Å²) in [7, 11) is 0. The molecule has 1 nitrogen and oxygen atoms in total. The average Bonchev–Trinajstić information content (AvgIpc) is 0.811. The van der Waals surface area contributed by atoms with E-state index in [9.17, 15) is 0 Å². The van der Waals surface area contributed by atoms with Crippen LogP contribution in [-0.2, 0) is 0 Å². The van der Waals surface area contributed by atoms with Crippen LogP contribution in [0.15, 0.2) is 0 Å². The first-order chi connectivity index (χ1) is 1.73. The van der Waals surface area contributed by atoms with Crippen LogP contribution < -0.4 is 17.0 Å². The largest absolute Gasteiger partial charge is 2.00 e. The van der Waals surface area contributed by atoms with Crippen molar-refractivity contribution in [1.82, 2.24) is 0 Å². The minimum absolute atomic E-state index is 0. The second-order valence-corrected chi connectivity index (χ2v) is 0.947. The van der Waals surface area contributed by atoms with Crippen molar-refractivity contribution >= 4 is 23.1 Å². The van der Waals surface area contributed by atoms with Gasteiger partial charge in [-0.25, -0.2) is 6.10 Å². The maximum absolute atomic E-state index is 7.97. The molecule has 0 atom stereocenters. The van der Waals surface area contributed by atoms with E-state index < -0.39 is 0 Å². The van der Waals surface area contributed by atoms with E-state index in [2.05, 4.69) is 0 Å². The Labute approximate surface area is 65.0 Å². The van der Waals surface area contributed by atoms with Gasteiger partial charge in [0.05, 0.1) is 0 Å². The van der Waals surface area contributed by atoms with Gasteiger partial charge in [-0.3, -0.25) is 0 Å². The zero-order valence-electron chi connectivity index (χ0n) is 4.03. The second kappa shape index (κ2) is 9.51. The van der Waals surface area contributed by atoms with Crippen molar-refractivity contribution in [1.29, 1.82) is 0 Å². The SMILES string of the molecule is C[C-](C)O.[Br-].[Mg+2]. The van der Waals surface area contributed by atoms with E-state index in [4.69, 9.17) is 5.11 Å². The van der Waals surface area contributed by atoms with Crippen LogP contribution in [0.3, 0.4) is 0 Å². The zero-order chi connectivity index (χ0) is 3.58. The minimum atomic E-state index is 0. The summed E-state index contributed by atoms with van der Waals surface area (Å²) in [5.41, 5.74) is 0. The van der Waals surface area contributed by atoms with Gasteiger partial charge in [0, 0.05) is 0 Å². The van der Waals surface area contributed by atoms with Gasteiger partial charge in [0.15, 0.2) is 0 Å². The first kappa shape index (κ1) is 15.7. The maximum Gasteiger partial charge on any atom is 2.00 e. The molecule has 0 aromatic heterocycles. The smallest absolute Gasteiger partial charge is 1.00 e. The third kappa shape index (κ3) is 63.3. The van der Waals surface area contributed by atoms with Crippen LogP contribution >= 0.6 is 0 Å². The van der Waals surface area contributed by atoms with E-state index in [0.29, 0.717) is 6.10 Å². The molecular weight excluding hydrogens is 156 g/mol. The molecule has 0 aromatic rings. The third-order valence-electron chi connectivity index (χ3n) is 0. The van der Waals surface area contributed by atoms with Crippen LogP contribution in [0.5, 0.6) is 0 Å². The molecule has 0 radical (unpaired) electrons. The van der Waals surface area contributed by atoms with E-state index in [-0.39, 0.29) is 40.0 Å². The normalized spacial score (nSPS) is 6.00. The number of halogens is 1. The Morgan fingerprint density at radius 2 is 1.33 bits per heavy atom. The van der Waals surface area contributed by atoms with Crippen LogP contribution in [0, 0.1) is 6.10 Å². The monoisotopic (exact) mass is 162 g/mol. The zero-order valence-corrected chi connectivity index (χ0v) is 7.03. The van der Waals surface area contributed by atoms with Crippen LogP contribution in [-0.4, -0.2) is 28.2 Å². The molecule has 0 aliphatic rings. The molecule has 0 amide bonds.